The van der Waals surface area contributed by atoms with E-state index in [4.69, 9.17) is 4.74 Å². The molecule has 2 rings (SSSR count). The molecule has 0 heterocycles. The van der Waals surface area contributed by atoms with E-state index >= 15 is 0 Å². The first-order valence-electron chi connectivity index (χ1n) is 8.16. The molecule has 25 heavy (non-hydrogen) atoms. The van der Waals surface area contributed by atoms with Crippen molar-refractivity contribution < 1.29 is 14.3 Å². The summed E-state index contributed by atoms with van der Waals surface area (Å²) in [7, 11) is 1.59. The van der Waals surface area contributed by atoms with Crippen LogP contribution >= 0.6 is 0 Å². The molecule has 0 saturated carbocycles. The number of benzene rings is 2. The molecule has 0 unspecified atom stereocenters. The van der Waals surface area contributed by atoms with E-state index in [9.17, 15) is 9.59 Å². The van der Waals surface area contributed by atoms with Crippen LogP contribution in [-0.4, -0.2) is 36.9 Å². The van der Waals surface area contributed by atoms with Gasteiger partial charge in [-0.05, 0) is 44.0 Å². The summed E-state index contributed by atoms with van der Waals surface area (Å²) in [5, 5.41) is 2.77. The molecule has 0 atom stereocenters. The van der Waals surface area contributed by atoms with Gasteiger partial charge in [-0.2, -0.15) is 0 Å². The number of carbonyl (C=O) groups excluding carboxylic acids is 2. The Hall–Kier alpha value is -2.82. The van der Waals surface area contributed by atoms with Gasteiger partial charge in [0.2, 0.25) is 5.91 Å². The minimum absolute atomic E-state index is 0.0250. The Balaban J connectivity index is 1.85. The summed E-state index contributed by atoms with van der Waals surface area (Å²) in [6.07, 6.45) is 0. The summed E-state index contributed by atoms with van der Waals surface area (Å²) in [6, 6.07) is 13.3. The van der Waals surface area contributed by atoms with Crippen LogP contribution in [0.25, 0.3) is 0 Å². The van der Waals surface area contributed by atoms with E-state index in [1.165, 1.54) is 4.90 Å². The van der Waals surface area contributed by atoms with Crippen LogP contribution in [0, 0.1) is 20.8 Å². The number of nitrogens with zero attached hydrogens (tertiary/aromatic N) is 1. The van der Waals surface area contributed by atoms with Gasteiger partial charge in [-0.15, -0.1) is 0 Å². The number of para-hydroxylation sites is 1. The molecule has 0 aromatic heterocycles. The lowest BCUT2D eigenvalue weighted by Gasteiger charge is -2.18. The van der Waals surface area contributed by atoms with E-state index in [2.05, 4.69) is 5.32 Å². The van der Waals surface area contributed by atoms with Crippen LogP contribution in [-0.2, 0) is 9.59 Å². The Labute approximate surface area is 148 Å². The van der Waals surface area contributed by atoms with Gasteiger partial charge in [-0.3, -0.25) is 9.59 Å². The number of rotatable bonds is 6. The van der Waals surface area contributed by atoms with Crippen LogP contribution < -0.4 is 10.1 Å². The zero-order valence-corrected chi connectivity index (χ0v) is 15.1. The highest BCUT2D eigenvalue weighted by Crippen LogP contribution is 2.22. The molecule has 0 radical (unpaired) electrons. The van der Waals surface area contributed by atoms with Crippen molar-refractivity contribution >= 4 is 17.5 Å². The molecule has 132 valence electrons. The number of anilines is 1. The first kappa shape index (κ1) is 18.5. The van der Waals surface area contributed by atoms with E-state index in [0.717, 1.165) is 16.7 Å². The van der Waals surface area contributed by atoms with Crippen molar-refractivity contribution in [3.63, 3.8) is 0 Å². The molecular formula is C20H24N2O3. The molecule has 0 fully saturated rings. The molecule has 1 N–H and O–H groups in total. The topological polar surface area (TPSA) is 58.6 Å². The van der Waals surface area contributed by atoms with E-state index in [1.807, 2.05) is 63.2 Å². The van der Waals surface area contributed by atoms with Gasteiger partial charge in [-0.1, -0.05) is 35.9 Å². The van der Waals surface area contributed by atoms with Crippen molar-refractivity contribution in [1.82, 2.24) is 4.90 Å². The average molecular weight is 340 g/mol. The average Bonchev–Trinajstić information content (AvgIpc) is 2.56. The Kier molecular flexibility index (Phi) is 6.17. The predicted molar refractivity (Wildman–Crippen MR) is 98.9 cm³/mol. The number of amides is 2. The number of carbonyl (C=O) groups is 2. The summed E-state index contributed by atoms with van der Waals surface area (Å²) >= 11 is 0. The molecule has 2 aromatic carbocycles. The molecule has 5 heteroatoms. The third-order valence-electron chi connectivity index (χ3n) is 3.89. The number of ether oxygens (including phenoxy) is 1. The van der Waals surface area contributed by atoms with E-state index < -0.39 is 0 Å². The smallest absolute Gasteiger partial charge is 0.260 e. The van der Waals surface area contributed by atoms with Crippen LogP contribution in [0.3, 0.4) is 0 Å². The first-order valence-corrected chi connectivity index (χ1v) is 8.16. The van der Waals surface area contributed by atoms with Gasteiger partial charge in [0, 0.05) is 12.7 Å². The largest absolute Gasteiger partial charge is 0.483 e. The standard InChI is InChI=1S/C20H24N2O3/c1-14-8-10-17(11-9-14)21-18(23)12-22(4)19(24)13-25-20-15(2)6-5-7-16(20)3/h5-11H,12-13H2,1-4H3,(H,21,23). The van der Waals surface area contributed by atoms with Crippen molar-refractivity contribution in [3.8, 4) is 5.75 Å². The normalized spacial score (nSPS) is 10.2. The summed E-state index contributed by atoms with van der Waals surface area (Å²) in [4.78, 5) is 25.6. The Morgan fingerprint density at radius 1 is 1.00 bits per heavy atom. The molecule has 2 amide bonds. The highest BCUT2D eigenvalue weighted by Gasteiger charge is 2.15. The number of hydrogen-bond donors (Lipinski definition) is 1. The lowest BCUT2D eigenvalue weighted by molar-refractivity contribution is -0.135. The Morgan fingerprint density at radius 3 is 2.20 bits per heavy atom. The molecule has 0 aliphatic carbocycles. The maximum absolute atomic E-state index is 12.2. The van der Waals surface area contributed by atoms with Crippen molar-refractivity contribution in [3.05, 3.63) is 59.2 Å². The number of likely N-dealkylation sites (N-methyl/N-ethyl adjacent to an activating group) is 1. The van der Waals surface area contributed by atoms with Crippen LogP contribution in [0.2, 0.25) is 0 Å². The maximum atomic E-state index is 12.2. The van der Waals surface area contributed by atoms with Crippen LogP contribution in [0.4, 0.5) is 5.69 Å². The van der Waals surface area contributed by atoms with Crippen LogP contribution in [0.15, 0.2) is 42.5 Å². The zero-order chi connectivity index (χ0) is 18.4. The van der Waals surface area contributed by atoms with Gasteiger partial charge >= 0.3 is 0 Å². The fourth-order valence-corrected chi connectivity index (χ4v) is 2.41. The molecular weight excluding hydrogens is 316 g/mol. The summed E-state index contributed by atoms with van der Waals surface area (Å²) in [5.41, 5.74) is 3.79. The number of nitrogens with one attached hydrogen (secondary N) is 1. The third kappa shape index (κ3) is 5.35. The molecule has 0 spiro atoms. The molecule has 0 saturated heterocycles. The number of aryl methyl sites for hydroxylation is 3. The first-order chi connectivity index (χ1) is 11.9. The van der Waals surface area contributed by atoms with E-state index in [-0.39, 0.29) is 25.0 Å². The van der Waals surface area contributed by atoms with Gasteiger partial charge in [0.05, 0.1) is 6.54 Å². The zero-order valence-electron chi connectivity index (χ0n) is 15.1. The van der Waals surface area contributed by atoms with Gasteiger partial charge < -0.3 is 15.0 Å². The van der Waals surface area contributed by atoms with Gasteiger partial charge in [0.15, 0.2) is 6.61 Å². The SMILES string of the molecule is Cc1ccc(NC(=O)CN(C)C(=O)COc2c(C)cccc2C)cc1. The van der Waals surface area contributed by atoms with Crippen molar-refractivity contribution in [2.24, 2.45) is 0 Å². The molecule has 0 aliphatic heterocycles. The molecule has 0 aliphatic rings. The quantitative estimate of drug-likeness (QED) is 0.879. The highest BCUT2D eigenvalue weighted by atomic mass is 16.5. The lowest BCUT2D eigenvalue weighted by atomic mass is 10.1. The minimum atomic E-state index is -0.248. The second-order valence-corrected chi connectivity index (χ2v) is 6.17. The fourth-order valence-electron chi connectivity index (χ4n) is 2.41. The maximum Gasteiger partial charge on any atom is 0.260 e. The van der Waals surface area contributed by atoms with Gasteiger partial charge in [0.1, 0.15) is 5.75 Å². The Bertz CT molecular complexity index is 734. The van der Waals surface area contributed by atoms with Crippen molar-refractivity contribution in [2.45, 2.75) is 20.8 Å². The lowest BCUT2D eigenvalue weighted by Crippen LogP contribution is -2.37. The molecule has 2 aromatic rings. The third-order valence-corrected chi connectivity index (χ3v) is 3.89. The van der Waals surface area contributed by atoms with Gasteiger partial charge in [0.25, 0.3) is 5.91 Å². The van der Waals surface area contributed by atoms with Crippen molar-refractivity contribution in [2.75, 3.05) is 25.5 Å². The minimum Gasteiger partial charge on any atom is -0.483 e. The summed E-state index contributed by atoms with van der Waals surface area (Å²) in [6.45, 7) is 5.73. The van der Waals surface area contributed by atoms with Gasteiger partial charge in [-0.25, -0.2) is 0 Å². The van der Waals surface area contributed by atoms with E-state index in [1.54, 1.807) is 7.05 Å². The monoisotopic (exact) mass is 340 g/mol. The fraction of sp³-hybridized carbons (Fsp3) is 0.300. The summed E-state index contributed by atoms with van der Waals surface area (Å²) < 4.78 is 5.64. The predicted octanol–water partition coefficient (Wildman–Crippen LogP) is 3.09. The molecule has 5 nitrogen and oxygen atoms in total. The molecule has 0 bridgehead atoms. The van der Waals surface area contributed by atoms with Crippen LogP contribution in [0.5, 0.6) is 5.75 Å². The second kappa shape index (κ2) is 8.33. The van der Waals surface area contributed by atoms with Crippen LogP contribution in [0.1, 0.15) is 16.7 Å². The summed E-state index contributed by atoms with van der Waals surface area (Å²) in [5.74, 6) is 0.224. The van der Waals surface area contributed by atoms with E-state index in [0.29, 0.717) is 11.4 Å². The van der Waals surface area contributed by atoms with Crippen molar-refractivity contribution in [1.29, 1.82) is 0 Å². The highest BCUT2D eigenvalue weighted by molar-refractivity contribution is 5.94. The second-order valence-electron chi connectivity index (χ2n) is 6.17. The Morgan fingerprint density at radius 2 is 1.60 bits per heavy atom. The number of hydrogen-bond acceptors (Lipinski definition) is 3.